The third kappa shape index (κ3) is 5.32. The number of nitrogens with one attached hydrogen (secondary N) is 2. The third-order valence-corrected chi connectivity index (χ3v) is 5.46. The minimum Gasteiger partial charge on any atom is -0.452 e. The van der Waals surface area contributed by atoms with Crippen molar-refractivity contribution in [2.24, 2.45) is 5.92 Å². The van der Waals surface area contributed by atoms with Gasteiger partial charge in [0.05, 0.1) is 5.92 Å². The summed E-state index contributed by atoms with van der Waals surface area (Å²) in [5.41, 5.74) is 3.96. The van der Waals surface area contributed by atoms with Crippen LogP contribution in [0, 0.1) is 19.8 Å². The van der Waals surface area contributed by atoms with E-state index in [1.807, 2.05) is 32.0 Å². The van der Waals surface area contributed by atoms with Crippen molar-refractivity contribution >= 4 is 40.8 Å². The van der Waals surface area contributed by atoms with Crippen LogP contribution in [0.15, 0.2) is 42.5 Å². The number of rotatable bonds is 6. The minimum atomic E-state index is -1.03. The van der Waals surface area contributed by atoms with E-state index in [0.29, 0.717) is 11.4 Å². The maximum Gasteiger partial charge on any atom is 0.312 e. The smallest absolute Gasteiger partial charge is 0.312 e. The summed E-state index contributed by atoms with van der Waals surface area (Å²) >= 11 is 0. The van der Waals surface area contributed by atoms with Crippen LogP contribution in [0.4, 0.5) is 17.1 Å². The van der Waals surface area contributed by atoms with Gasteiger partial charge in [-0.05, 0) is 62.2 Å². The Morgan fingerprint density at radius 1 is 1.03 bits per heavy atom. The Balaban J connectivity index is 1.57. The molecule has 0 aliphatic carbocycles. The summed E-state index contributed by atoms with van der Waals surface area (Å²) in [6.45, 7) is 7.03. The summed E-state index contributed by atoms with van der Waals surface area (Å²) in [6.07, 6.45) is -0.979. The van der Waals surface area contributed by atoms with Gasteiger partial charge in [0.2, 0.25) is 11.8 Å². The third-order valence-electron chi connectivity index (χ3n) is 5.46. The van der Waals surface area contributed by atoms with E-state index < -0.39 is 23.9 Å². The van der Waals surface area contributed by atoms with Crippen LogP contribution >= 0.6 is 0 Å². The Labute approximate surface area is 186 Å². The molecule has 3 amide bonds. The van der Waals surface area contributed by atoms with Crippen LogP contribution in [0.2, 0.25) is 0 Å². The molecular weight excluding hydrogens is 410 g/mol. The average molecular weight is 437 g/mol. The molecule has 8 heteroatoms. The SMILES string of the molecule is CC(=O)Nc1ccc(NC(=O)[C@@H](C)OC(=O)[C@H]2CC(=O)N(c3cccc(C)c3C)C2)cc1. The predicted molar refractivity (Wildman–Crippen MR) is 121 cm³/mol. The largest absolute Gasteiger partial charge is 0.452 e. The van der Waals surface area contributed by atoms with Crippen LogP contribution < -0.4 is 15.5 Å². The molecule has 0 radical (unpaired) electrons. The first-order valence-electron chi connectivity index (χ1n) is 10.4. The van der Waals surface area contributed by atoms with Gasteiger partial charge in [-0.15, -0.1) is 0 Å². The van der Waals surface area contributed by atoms with Gasteiger partial charge in [0, 0.05) is 37.0 Å². The van der Waals surface area contributed by atoms with Crippen molar-refractivity contribution in [1.82, 2.24) is 0 Å². The number of anilines is 3. The number of nitrogens with zero attached hydrogens (tertiary/aromatic N) is 1. The van der Waals surface area contributed by atoms with Crippen molar-refractivity contribution in [3.63, 3.8) is 0 Å². The molecular formula is C24H27N3O5. The normalized spacial score (nSPS) is 16.4. The zero-order chi connectivity index (χ0) is 23.4. The first-order valence-corrected chi connectivity index (χ1v) is 10.4. The molecule has 32 heavy (non-hydrogen) atoms. The highest BCUT2D eigenvalue weighted by atomic mass is 16.5. The molecule has 0 unspecified atom stereocenters. The summed E-state index contributed by atoms with van der Waals surface area (Å²) in [5, 5.41) is 5.31. The molecule has 0 spiro atoms. The van der Waals surface area contributed by atoms with Crippen LogP contribution in [-0.4, -0.2) is 36.3 Å². The molecule has 0 saturated carbocycles. The summed E-state index contributed by atoms with van der Waals surface area (Å²) < 4.78 is 5.34. The molecule has 8 nitrogen and oxygen atoms in total. The summed E-state index contributed by atoms with van der Waals surface area (Å²) in [7, 11) is 0. The van der Waals surface area contributed by atoms with Gasteiger partial charge < -0.3 is 20.3 Å². The molecule has 2 atom stereocenters. The molecule has 2 aromatic rings. The molecule has 1 heterocycles. The zero-order valence-electron chi connectivity index (χ0n) is 18.6. The lowest BCUT2D eigenvalue weighted by molar-refractivity contribution is -0.157. The fraction of sp³-hybridized carbons (Fsp3) is 0.333. The second-order valence-electron chi connectivity index (χ2n) is 7.95. The van der Waals surface area contributed by atoms with E-state index in [-0.39, 0.29) is 24.8 Å². The summed E-state index contributed by atoms with van der Waals surface area (Å²) in [5.74, 6) is -2.02. The topological polar surface area (TPSA) is 105 Å². The Kier molecular flexibility index (Phi) is 6.92. The van der Waals surface area contributed by atoms with Gasteiger partial charge in [-0.3, -0.25) is 19.2 Å². The lowest BCUT2D eigenvalue weighted by Crippen LogP contribution is -2.33. The van der Waals surface area contributed by atoms with Gasteiger partial charge in [0.15, 0.2) is 6.10 Å². The van der Waals surface area contributed by atoms with Crippen molar-refractivity contribution in [3.8, 4) is 0 Å². The number of hydrogen-bond acceptors (Lipinski definition) is 5. The first kappa shape index (κ1) is 23.0. The van der Waals surface area contributed by atoms with E-state index in [1.165, 1.54) is 13.8 Å². The molecule has 0 bridgehead atoms. The van der Waals surface area contributed by atoms with Gasteiger partial charge in [-0.2, -0.15) is 0 Å². The predicted octanol–water partition coefficient (Wildman–Crippen LogP) is 3.19. The number of ether oxygens (including phenoxy) is 1. The highest BCUT2D eigenvalue weighted by Gasteiger charge is 2.37. The first-order chi connectivity index (χ1) is 15.2. The van der Waals surface area contributed by atoms with E-state index in [1.54, 1.807) is 29.2 Å². The van der Waals surface area contributed by atoms with Crippen molar-refractivity contribution in [2.45, 2.75) is 40.2 Å². The number of carbonyl (C=O) groups is 4. The maximum atomic E-state index is 12.6. The number of esters is 1. The number of benzene rings is 2. The van der Waals surface area contributed by atoms with Gasteiger partial charge in [0.1, 0.15) is 0 Å². The second kappa shape index (κ2) is 9.64. The summed E-state index contributed by atoms with van der Waals surface area (Å²) in [4.78, 5) is 50.2. The van der Waals surface area contributed by atoms with E-state index in [4.69, 9.17) is 4.74 Å². The van der Waals surface area contributed by atoms with Crippen LogP contribution in [0.1, 0.15) is 31.4 Å². The molecule has 168 valence electrons. The highest BCUT2D eigenvalue weighted by Crippen LogP contribution is 2.30. The fourth-order valence-corrected chi connectivity index (χ4v) is 3.53. The monoisotopic (exact) mass is 437 g/mol. The van der Waals surface area contributed by atoms with Crippen LogP contribution in [-0.2, 0) is 23.9 Å². The quantitative estimate of drug-likeness (QED) is 0.676. The average Bonchev–Trinajstić information content (AvgIpc) is 3.12. The number of aryl methyl sites for hydroxylation is 1. The molecule has 2 aromatic carbocycles. The van der Waals surface area contributed by atoms with Crippen LogP contribution in [0.3, 0.4) is 0 Å². The van der Waals surface area contributed by atoms with Gasteiger partial charge in [-0.1, -0.05) is 12.1 Å². The van der Waals surface area contributed by atoms with Gasteiger partial charge in [-0.25, -0.2) is 0 Å². The molecule has 2 N–H and O–H groups in total. The molecule has 3 rings (SSSR count). The molecule has 1 aliphatic rings. The Hall–Kier alpha value is -3.68. The second-order valence-corrected chi connectivity index (χ2v) is 7.95. The standard InChI is InChI=1S/C24H27N3O5/c1-14-6-5-7-21(15(14)2)27-13-18(12-22(27)29)24(31)32-16(3)23(30)26-20-10-8-19(9-11-20)25-17(4)28/h5-11,16,18H,12-13H2,1-4H3,(H,25,28)(H,26,30)/t16-,18+/m1/s1. The van der Waals surface area contributed by atoms with Crippen LogP contribution in [0.25, 0.3) is 0 Å². The Morgan fingerprint density at radius 3 is 2.28 bits per heavy atom. The maximum absolute atomic E-state index is 12.6. The molecule has 1 saturated heterocycles. The van der Waals surface area contributed by atoms with Crippen molar-refractivity contribution in [3.05, 3.63) is 53.6 Å². The van der Waals surface area contributed by atoms with Crippen molar-refractivity contribution in [2.75, 3.05) is 22.1 Å². The Bertz CT molecular complexity index is 1050. The molecule has 1 fully saturated rings. The minimum absolute atomic E-state index is 0.0468. The van der Waals surface area contributed by atoms with E-state index >= 15 is 0 Å². The van der Waals surface area contributed by atoms with E-state index in [0.717, 1.165) is 16.8 Å². The number of hydrogen-bond donors (Lipinski definition) is 2. The van der Waals surface area contributed by atoms with E-state index in [9.17, 15) is 19.2 Å². The highest BCUT2D eigenvalue weighted by molar-refractivity contribution is 6.01. The fourth-order valence-electron chi connectivity index (χ4n) is 3.53. The van der Waals surface area contributed by atoms with Gasteiger partial charge >= 0.3 is 5.97 Å². The lowest BCUT2D eigenvalue weighted by atomic mass is 10.1. The van der Waals surface area contributed by atoms with E-state index in [2.05, 4.69) is 10.6 Å². The van der Waals surface area contributed by atoms with Gasteiger partial charge in [0.25, 0.3) is 5.91 Å². The molecule has 0 aromatic heterocycles. The Morgan fingerprint density at radius 2 is 1.66 bits per heavy atom. The molecule has 1 aliphatic heterocycles. The number of carbonyl (C=O) groups excluding carboxylic acids is 4. The van der Waals surface area contributed by atoms with Crippen LogP contribution in [0.5, 0.6) is 0 Å². The van der Waals surface area contributed by atoms with Crippen molar-refractivity contribution in [1.29, 1.82) is 0 Å². The number of amides is 3. The summed E-state index contributed by atoms with van der Waals surface area (Å²) in [6, 6.07) is 12.3. The van der Waals surface area contributed by atoms with Crippen molar-refractivity contribution < 1.29 is 23.9 Å². The zero-order valence-corrected chi connectivity index (χ0v) is 18.6. The lowest BCUT2D eigenvalue weighted by Gasteiger charge is -2.20.